The van der Waals surface area contributed by atoms with E-state index in [0.29, 0.717) is 6.42 Å². The Balaban J connectivity index is 0.00000128. The van der Waals surface area contributed by atoms with Crippen LogP contribution in [0.15, 0.2) is 24.3 Å². The minimum atomic E-state index is -0.973. The molecule has 0 bridgehead atoms. The molecule has 0 aliphatic carbocycles. The van der Waals surface area contributed by atoms with Gasteiger partial charge < -0.3 is 10.8 Å². The summed E-state index contributed by atoms with van der Waals surface area (Å²) in [7, 11) is 0. The number of nitrogens with two attached hydrogens (primary N) is 1. The van der Waals surface area contributed by atoms with E-state index in [4.69, 9.17) is 10.8 Å². The van der Waals surface area contributed by atoms with Crippen molar-refractivity contribution >= 4 is 27.4 Å². The van der Waals surface area contributed by atoms with Gasteiger partial charge in [-0.05, 0) is 6.42 Å². The fourth-order valence-corrected chi connectivity index (χ4v) is 2.31. The summed E-state index contributed by atoms with van der Waals surface area (Å²) >= 11 is 1.49. The number of carbonyl (C=O) groups is 1. The van der Waals surface area contributed by atoms with Crippen LogP contribution in [0.4, 0.5) is 0 Å². The van der Waals surface area contributed by atoms with Gasteiger partial charge in [0.15, 0.2) is 0 Å². The van der Waals surface area contributed by atoms with Crippen molar-refractivity contribution in [2.45, 2.75) is 12.5 Å². The predicted molar refractivity (Wildman–Crippen MR) is 60.0 cm³/mol. The molecule has 5 heteroatoms. The van der Waals surface area contributed by atoms with Crippen LogP contribution in [0.3, 0.4) is 0 Å². The van der Waals surface area contributed by atoms with Crippen molar-refractivity contribution in [2.75, 3.05) is 0 Å². The predicted octanol–water partition coefficient (Wildman–Crippen LogP) is 1.65. The quantitative estimate of drug-likeness (QED) is 0.762. The molecule has 0 saturated heterocycles. The fourth-order valence-electron chi connectivity index (χ4n) is 1.44. The van der Waals surface area contributed by atoms with Crippen LogP contribution in [0.25, 0.3) is 10.1 Å². The van der Waals surface area contributed by atoms with Gasteiger partial charge in [-0.1, -0.05) is 12.1 Å². The Hall–Kier alpha value is -0.728. The number of hydrogen-bond acceptors (Lipinski definition) is 3. The SMILES string of the molecule is N[C@H](Cc1[c-]sc2ccccc12)C(=O)O.[Re]. The molecule has 16 heavy (non-hydrogen) atoms. The van der Waals surface area contributed by atoms with Crippen molar-refractivity contribution in [1.29, 1.82) is 0 Å². The van der Waals surface area contributed by atoms with Crippen LogP contribution >= 0.6 is 11.3 Å². The van der Waals surface area contributed by atoms with E-state index in [9.17, 15) is 4.79 Å². The van der Waals surface area contributed by atoms with E-state index in [1.54, 1.807) is 0 Å². The summed E-state index contributed by atoms with van der Waals surface area (Å²) in [6, 6.07) is 6.99. The molecule has 0 aliphatic heterocycles. The first-order valence-electron chi connectivity index (χ1n) is 4.55. The third-order valence-corrected chi connectivity index (χ3v) is 3.16. The Kier molecular flexibility index (Phi) is 4.63. The molecule has 1 aromatic carbocycles. The maximum atomic E-state index is 10.6. The average Bonchev–Trinajstić information content (AvgIpc) is 2.62. The molecule has 1 heterocycles. The number of thiophene rings is 1. The van der Waals surface area contributed by atoms with Gasteiger partial charge in [0.2, 0.25) is 0 Å². The molecule has 0 fully saturated rings. The maximum Gasteiger partial charge on any atom is 0.320 e. The summed E-state index contributed by atoms with van der Waals surface area (Å²) in [5.74, 6) is -0.973. The Bertz CT molecular complexity index is 497. The zero-order valence-electron chi connectivity index (χ0n) is 8.31. The average molecular weight is 406 g/mol. The molecule has 0 unspecified atom stereocenters. The van der Waals surface area contributed by atoms with E-state index in [-0.39, 0.29) is 20.4 Å². The first-order valence-corrected chi connectivity index (χ1v) is 5.36. The molecule has 3 nitrogen and oxygen atoms in total. The largest absolute Gasteiger partial charge is 0.480 e. The number of aliphatic carboxylic acids is 1. The number of rotatable bonds is 3. The third kappa shape index (κ3) is 2.69. The second-order valence-corrected chi connectivity index (χ2v) is 4.18. The Labute approximate surface area is 111 Å². The summed E-state index contributed by atoms with van der Waals surface area (Å²) in [5, 5.41) is 12.9. The van der Waals surface area contributed by atoms with Gasteiger partial charge in [0, 0.05) is 20.4 Å². The molecular formula is C11H10NO2ReS-. The Morgan fingerprint density at radius 1 is 1.50 bits per heavy atom. The number of benzene rings is 1. The topological polar surface area (TPSA) is 63.3 Å². The van der Waals surface area contributed by atoms with Gasteiger partial charge in [-0.15, -0.1) is 22.2 Å². The standard InChI is InChI=1S/C11H10NO2S.Re/c12-9(11(13)14)5-7-6-15-10-4-2-1-3-8(7)10;/h1-4,9H,5,12H2,(H,13,14);/q-1;/t9-;/m1./s1. The van der Waals surface area contributed by atoms with Gasteiger partial charge in [0.25, 0.3) is 0 Å². The Morgan fingerprint density at radius 3 is 2.88 bits per heavy atom. The van der Waals surface area contributed by atoms with Gasteiger partial charge in [-0.2, -0.15) is 10.9 Å². The van der Waals surface area contributed by atoms with E-state index in [2.05, 4.69) is 5.38 Å². The number of hydrogen-bond donors (Lipinski definition) is 2. The van der Waals surface area contributed by atoms with Gasteiger partial charge in [0.1, 0.15) is 6.04 Å². The molecule has 1 atom stereocenters. The Morgan fingerprint density at radius 2 is 2.19 bits per heavy atom. The molecule has 1 aromatic heterocycles. The van der Waals surface area contributed by atoms with Crippen LogP contribution in [0.1, 0.15) is 5.56 Å². The molecule has 0 saturated carbocycles. The summed E-state index contributed by atoms with van der Waals surface area (Å²) in [6.45, 7) is 0. The number of carboxylic acid groups (broad SMARTS) is 1. The van der Waals surface area contributed by atoms with Crippen LogP contribution in [0.5, 0.6) is 0 Å². The summed E-state index contributed by atoms with van der Waals surface area (Å²) in [5.41, 5.74) is 6.38. The number of carboxylic acids is 1. The van der Waals surface area contributed by atoms with E-state index >= 15 is 0 Å². The first kappa shape index (κ1) is 13.3. The minimum Gasteiger partial charge on any atom is -0.480 e. The van der Waals surface area contributed by atoms with Crippen molar-refractivity contribution < 1.29 is 30.3 Å². The van der Waals surface area contributed by atoms with Gasteiger partial charge >= 0.3 is 5.97 Å². The molecule has 1 radical (unpaired) electrons. The van der Waals surface area contributed by atoms with E-state index < -0.39 is 12.0 Å². The fraction of sp³-hybridized carbons (Fsp3) is 0.182. The summed E-state index contributed by atoms with van der Waals surface area (Å²) in [4.78, 5) is 10.6. The van der Waals surface area contributed by atoms with E-state index in [1.165, 1.54) is 11.3 Å². The van der Waals surface area contributed by atoms with Crippen molar-refractivity contribution in [3.05, 3.63) is 35.2 Å². The van der Waals surface area contributed by atoms with Crippen LogP contribution in [0, 0.1) is 5.38 Å². The van der Waals surface area contributed by atoms with Crippen LogP contribution in [-0.4, -0.2) is 17.1 Å². The van der Waals surface area contributed by atoms with Crippen molar-refractivity contribution in [1.82, 2.24) is 0 Å². The van der Waals surface area contributed by atoms with Gasteiger partial charge in [0.05, 0.1) is 0 Å². The molecule has 0 amide bonds. The molecule has 2 aromatic rings. The summed E-state index contributed by atoms with van der Waals surface area (Å²) < 4.78 is 1.12. The van der Waals surface area contributed by atoms with Crippen molar-refractivity contribution in [3.8, 4) is 0 Å². The second kappa shape index (κ2) is 5.56. The zero-order chi connectivity index (χ0) is 10.8. The molecule has 0 aliphatic rings. The van der Waals surface area contributed by atoms with Crippen LogP contribution in [0.2, 0.25) is 0 Å². The molecule has 0 spiro atoms. The van der Waals surface area contributed by atoms with Crippen molar-refractivity contribution in [3.63, 3.8) is 0 Å². The van der Waals surface area contributed by atoms with Crippen LogP contribution < -0.4 is 5.73 Å². The smallest absolute Gasteiger partial charge is 0.320 e. The summed E-state index contributed by atoms with van der Waals surface area (Å²) in [6.07, 6.45) is 0.333. The maximum absolute atomic E-state index is 10.6. The van der Waals surface area contributed by atoms with Gasteiger partial charge in [-0.3, -0.25) is 16.1 Å². The molecule has 85 valence electrons. The van der Waals surface area contributed by atoms with E-state index in [0.717, 1.165) is 15.6 Å². The van der Waals surface area contributed by atoms with Gasteiger partial charge in [-0.25, -0.2) is 0 Å². The minimum absolute atomic E-state index is 0. The monoisotopic (exact) mass is 407 g/mol. The first-order chi connectivity index (χ1) is 7.18. The van der Waals surface area contributed by atoms with E-state index in [1.807, 2.05) is 24.3 Å². The normalized spacial score (nSPS) is 12.1. The zero-order valence-corrected chi connectivity index (χ0v) is 11.8. The number of fused-ring (bicyclic) bond motifs is 1. The third-order valence-electron chi connectivity index (χ3n) is 2.24. The molecular weight excluding hydrogens is 396 g/mol. The molecule has 3 N–H and O–H groups in total. The molecule has 2 rings (SSSR count). The van der Waals surface area contributed by atoms with Crippen LogP contribution in [-0.2, 0) is 31.6 Å². The van der Waals surface area contributed by atoms with Crippen molar-refractivity contribution in [2.24, 2.45) is 5.73 Å². The second-order valence-electron chi connectivity index (χ2n) is 3.33.